The molecular weight excluding hydrogens is 180 g/mol. The molecule has 74 valence electrons. The van der Waals surface area contributed by atoms with Gasteiger partial charge in [0.2, 0.25) is 0 Å². The van der Waals surface area contributed by atoms with Crippen LogP contribution in [0.3, 0.4) is 0 Å². The maximum Gasteiger partial charge on any atom is 0.130 e. The highest BCUT2D eigenvalue weighted by molar-refractivity contribution is 5.65. The minimum atomic E-state index is -1.06. The van der Waals surface area contributed by atoms with Crippen LogP contribution in [0, 0.1) is 5.92 Å². The average molecular weight is 192 g/mol. The standard InChI is InChI=1S/C11H12O3/c12-6-9-8-4-2-1-3-7(8)5-10(13)11(9)14/h1,3,5-6,9,11,13-14H,2,4H2/t9?,11-/m1/s1. The van der Waals surface area contributed by atoms with Crippen molar-refractivity contribution in [3.63, 3.8) is 0 Å². The van der Waals surface area contributed by atoms with E-state index in [-0.39, 0.29) is 5.76 Å². The summed E-state index contributed by atoms with van der Waals surface area (Å²) in [4.78, 5) is 10.8. The Hall–Kier alpha value is -1.35. The Labute approximate surface area is 82.1 Å². The predicted octanol–water partition coefficient (Wildman–Crippen LogP) is 1.26. The number of hydrogen-bond acceptors (Lipinski definition) is 3. The van der Waals surface area contributed by atoms with Gasteiger partial charge in [-0.3, -0.25) is 0 Å². The van der Waals surface area contributed by atoms with Crippen molar-refractivity contribution in [1.29, 1.82) is 0 Å². The van der Waals surface area contributed by atoms with Gasteiger partial charge in [0.05, 0.1) is 5.92 Å². The van der Waals surface area contributed by atoms with E-state index in [1.165, 1.54) is 6.08 Å². The first kappa shape index (κ1) is 9.21. The monoisotopic (exact) mass is 192 g/mol. The van der Waals surface area contributed by atoms with E-state index in [1.807, 2.05) is 12.2 Å². The Bertz CT molecular complexity index is 350. The molecular formula is C11H12O3. The number of carbonyl (C=O) groups excluding carboxylic acids is 1. The normalized spacial score (nSPS) is 31.1. The van der Waals surface area contributed by atoms with Gasteiger partial charge in [-0.25, -0.2) is 0 Å². The molecule has 0 heterocycles. The molecule has 0 bridgehead atoms. The number of aldehydes is 1. The van der Waals surface area contributed by atoms with Crippen LogP contribution in [0.25, 0.3) is 0 Å². The van der Waals surface area contributed by atoms with Gasteiger partial charge in [-0.1, -0.05) is 12.2 Å². The first-order valence-corrected chi connectivity index (χ1v) is 4.67. The van der Waals surface area contributed by atoms with E-state index in [4.69, 9.17) is 0 Å². The van der Waals surface area contributed by atoms with E-state index in [0.29, 0.717) is 6.29 Å². The van der Waals surface area contributed by atoms with Gasteiger partial charge in [-0.15, -0.1) is 0 Å². The summed E-state index contributed by atoms with van der Waals surface area (Å²) in [6.45, 7) is 0. The molecule has 0 aromatic heterocycles. The fourth-order valence-corrected chi connectivity index (χ4v) is 1.98. The molecule has 0 aromatic carbocycles. The van der Waals surface area contributed by atoms with Gasteiger partial charge in [0.25, 0.3) is 0 Å². The first-order valence-electron chi connectivity index (χ1n) is 4.67. The first-order chi connectivity index (χ1) is 6.74. The molecule has 0 aliphatic heterocycles. The van der Waals surface area contributed by atoms with Crippen molar-refractivity contribution in [1.82, 2.24) is 0 Å². The molecule has 0 amide bonds. The Kier molecular flexibility index (Phi) is 2.25. The van der Waals surface area contributed by atoms with Crippen LogP contribution in [0.1, 0.15) is 12.8 Å². The average Bonchev–Trinajstić information content (AvgIpc) is 2.20. The number of aliphatic hydroxyl groups excluding tert-OH is 2. The molecule has 1 unspecified atom stereocenters. The molecule has 2 aliphatic rings. The molecule has 0 spiro atoms. The number of rotatable bonds is 1. The molecule has 3 heteroatoms. The minimum absolute atomic E-state index is 0.118. The van der Waals surface area contributed by atoms with Crippen LogP contribution in [0.15, 0.2) is 35.1 Å². The third kappa shape index (κ3) is 1.30. The zero-order valence-electron chi connectivity index (χ0n) is 7.68. The third-order valence-corrected chi connectivity index (χ3v) is 2.74. The van der Waals surface area contributed by atoms with Crippen molar-refractivity contribution in [3.05, 3.63) is 35.1 Å². The van der Waals surface area contributed by atoms with Crippen LogP contribution in [-0.2, 0) is 4.79 Å². The number of hydrogen-bond donors (Lipinski definition) is 2. The summed E-state index contributed by atoms with van der Waals surface area (Å²) in [5.74, 6) is -0.688. The van der Waals surface area contributed by atoms with Crippen molar-refractivity contribution < 1.29 is 15.0 Å². The second-order valence-corrected chi connectivity index (χ2v) is 3.60. The fourth-order valence-electron chi connectivity index (χ4n) is 1.98. The smallest absolute Gasteiger partial charge is 0.130 e. The zero-order valence-corrected chi connectivity index (χ0v) is 7.68. The van der Waals surface area contributed by atoms with Crippen molar-refractivity contribution in [2.75, 3.05) is 0 Å². The van der Waals surface area contributed by atoms with E-state index in [0.717, 1.165) is 24.0 Å². The Morgan fingerprint density at radius 2 is 2.29 bits per heavy atom. The lowest BCUT2D eigenvalue weighted by Crippen LogP contribution is -2.29. The minimum Gasteiger partial charge on any atom is -0.509 e. The molecule has 2 N–H and O–H groups in total. The summed E-state index contributed by atoms with van der Waals surface area (Å²) in [7, 11) is 0. The number of allylic oxidation sites excluding steroid dienone is 4. The summed E-state index contributed by atoms with van der Waals surface area (Å²) in [5, 5.41) is 19.0. The van der Waals surface area contributed by atoms with Crippen molar-refractivity contribution in [2.24, 2.45) is 5.92 Å². The molecule has 0 saturated heterocycles. The van der Waals surface area contributed by atoms with Crippen LogP contribution >= 0.6 is 0 Å². The Morgan fingerprint density at radius 1 is 1.50 bits per heavy atom. The number of carbonyl (C=O) groups is 1. The largest absolute Gasteiger partial charge is 0.509 e. The second-order valence-electron chi connectivity index (χ2n) is 3.60. The summed E-state index contributed by atoms with van der Waals surface area (Å²) in [6, 6.07) is 0. The second kappa shape index (κ2) is 3.42. The molecule has 3 nitrogen and oxygen atoms in total. The Balaban J connectivity index is 2.45. The topological polar surface area (TPSA) is 57.5 Å². The lowest BCUT2D eigenvalue weighted by Gasteiger charge is -2.27. The summed E-state index contributed by atoms with van der Waals surface area (Å²) in [5.41, 5.74) is 1.81. The lowest BCUT2D eigenvalue weighted by atomic mass is 9.80. The maximum absolute atomic E-state index is 10.8. The van der Waals surface area contributed by atoms with Gasteiger partial charge in [0.15, 0.2) is 0 Å². The van der Waals surface area contributed by atoms with E-state index in [2.05, 4.69) is 0 Å². The van der Waals surface area contributed by atoms with Crippen LogP contribution in [-0.4, -0.2) is 22.6 Å². The van der Waals surface area contributed by atoms with Crippen LogP contribution < -0.4 is 0 Å². The molecule has 2 rings (SSSR count). The lowest BCUT2D eigenvalue weighted by molar-refractivity contribution is -0.112. The van der Waals surface area contributed by atoms with E-state index in [1.54, 1.807) is 0 Å². The van der Waals surface area contributed by atoms with Gasteiger partial charge >= 0.3 is 0 Å². The van der Waals surface area contributed by atoms with Crippen molar-refractivity contribution in [2.45, 2.75) is 18.9 Å². The SMILES string of the molecule is O=CC1C2=C(C=CCC2)C=C(O)[C@@H]1O. The Morgan fingerprint density at radius 3 is 3.00 bits per heavy atom. The van der Waals surface area contributed by atoms with Gasteiger partial charge in [-0.05, 0) is 30.1 Å². The molecule has 0 saturated carbocycles. The van der Waals surface area contributed by atoms with E-state index < -0.39 is 12.0 Å². The molecule has 14 heavy (non-hydrogen) atoms. The van der Waals surface area contributed by atoms with Crippen molar-refractivity contribution >= 4 is 6.29 Å². The fraction of sp³-hybridized carbons (Fsp3) is 0.364. The summed E-state index contributed by atoms with van der Waals surface area (Å²) in [6.07, 6.45) is 6.76. The molecule has 2 atom stereocenters. The van der Waals surface area contributed by atoms with E-state index in [9.17, 15) is 15.0 Å². The molecule has 0 aromatic rings. The number of aliphatic hydroxyl groups is 2. The molecule has 2 aliphatic carbocycles. The summed E-state index contributed by atoms with van der Waals surface area (Å²) < 4.78 is 0. The third-order valence-electron chi connectivity index (χ3n) is 2.74. The quantitative estimate of drug-likeness (QED) is 0.615. The zero-order chi connectivity index (χ0) is 10.1. The predicted molar refractivity (Wildman–Crippen MR) is 51.7 cm³/mol. The van der Waals surface area contributed by atoms with E-state index >= 15 is 0 Å². The van der Waals surface area contributed by atoms with Gasteiger partial charge < -0.3 is 15.0 Å². The van der Waals surface area contributed by atoms with Crippen LogP contribution in [0.5, 0.6) is 0 Å². The van der Waals surface area contributed by atoms with Crippen LogP contribution in [0.4, 0.5) is 0 Å². The molecule has 0 fully saturated rings. The van der Waals surface area contributed by atoms with Gasteiger partial charge in [-0.2, -0.15) is 0 Å². The van der Waals surface area contributed by atoms with Crippen LogP contribution in [0.2, 0.25) is 0 Å². The summed E-state index contributed by atoms with van der Waals surface area (Å²) >= 11 is 0. The van der Waals surface area contributed by atoms with Gasteiger partial charge in [0, 0.05) is 0 Å². The van der Waals surface area contributed by atoms with Gasteiger partial charge in [0.1, 0.15) is 18.1 Å². The van der Waals surface area contributed by atoms with Crippen molar-refractivity contribution in [3.8, 4) is 0 Å². The highest BCUT2D eigenvalue weighted by atomic mass is 16.3. The highest BCUT2D eigenvalue weighted by Crippen LogP contribution is 2.33. The maximum atomic E-state index is 10.8. The molecule has 0 radical (unpaired) electrons. The highest BCUT2D eigenvalue weighted by Gasteiger charge is 2.31.